The van der Waals surface area contributed by atoms with Gasteiger partial charge in [0.25, 0.3) is 0 Å². The second kappa shape index (κ2) is 3.35. The molecular weight excluding hydrogens is 194 g/mol. The number of nitrogens with zero attached hydrogens (tertiary/aromatic N) is 4. The zero-order valence-electron chi connectivity index (χ0n) is 8.40. The summed E-state index contributed by atoms with van der Waals surface area (Å²) in [6.45, 7) is 0.363. The summed E-state index contributed by atoms with van der Waals surface area (Å²) in [6, 6.07) is 2.08. The minimum atomic E-state index is -0.755. The second-order valence-corrected chi connectivity index (χ2v) is 3.79. The standard InChI is InChI=1S/C9H11N5O/c1-14(4-7-11-6-12-13-7)8(15)9(5-10)2-3-9/h6H,2-4H2,1H3,(H,11,12,13). The van der Waals surface area contributed by atoms with E-state index in [-0.39, 0.29) is 5.91 Å². The predicted molar refractivity (Wildman–Crippen MR) is 50.1 cm³/mol. The minimum Gasteiger partial charge on any atom is -0.337 e. The number of aromatic amines is 1. The molecule has 0 atom stereocenters. The molecule has 1 aromatic heterocycles. The maximum absolute atomic E-state index is 11.8. The van der Waals surface area contributed by atoms with Gasteiger partial charge in [-0.15, -0.1) is 0 Å². The van der Waals surface area contributed by atoms with Crippen molar-refractivity contribution in [2.24, 2.45) is 5.41 Å². The fourth-order valence-electron chi connectivity index (χ4n) is 1.47. The summed E-state index contributed by atoms with van der Waals surface area (Å²) in [4.78, 5) is 17.3. The normalized spacial score (nSPS) is 16.8. The van der Waals surface area contributed by atoms with Crippen LogP contribution in [0.5, 0.6) is 0 Å². The summed E-state index contributed by atoms with van der Waals surface area (Å²) in [5.41, 5.74) is -0.755. The number of H-pyrrole nitrogens is 1. The Morgan fingerprint density at radius 2 is 2.53 bits per heavy atom. The van der Waals surface area contributed by atoms with E-state index in [0.29, 0.717) is 25.2 Å². The van der Waals surface area contributed by atoms with Crippen molar-refractivity contribution < 1.29 is 4.79 Å². The highest BCUT2D eigenvalue weighted by Gasteiger charge is 2.52. The molecule has 2 rings (SSSR count). The van der Waals surface area contributed by atoms with E-state index < -0.39 is 5.41 Å². The van der Waals surface area contributed by atoms with Gasteiger partial charge >= 0.3 is 0 Å². The van der Waals surface area contributed by atoms with Gasteiger partial charge in [0.15, 0.2) is 0 Å². The van der Waals surface area contributed by atoms with E-state index in [0.717, 1.165) is 0 Å². The zero-order valence-corrected chi connectivity index (χ0v) is 8.40. The molecule has 0 bridgehead atoms. The summed E-state index contributed by atoms with van der Waals surface area (Å²) in [5, 5.41) is 15.2. The number of rotatable bonds is 3. The largest absolute Gasteiger partial charge is 0.337 e. The third-order valence-corrected chi connectivity index (χ3v) is 2.57. The molecule has 1 aliphatic carbocycles. The lowest BCUT2D eigenvalue weighted by Crippen LogP contribution is -2.33. The van der Waals surface area contributed by atoms with Crippen LogP contribution in [0.15, 0.2) is 6.33 Å². The molecule has 6 heteroatoms. The zero-order chi connectivity index (χ0) is 10.9. The molecule has 0 unspecified atom stereocenters. The van der Waals surface area contributed by atoms with Gasteiger partial charge in [-0.25, -0.2) is 4.98 Å². The van der Waals surface area contributed by atoms with Gasteiger partial charge in [-0.2, -0.15) is 10.4 Å². The van der Waals surface area contributed by atoms with Gasteiger partial charge < -0.3 is 4.90 Å². The van der Waals surface area contributed by atoms with Crippen LogP contribution in [0, 0.1) is 16.7 Å². The smallest absolute Gasteiger partial charge is 0.243 e. The average molecular weight is 205 g/mol. The molecule has 1 heterocycles. The number of carbonyl (C=O) groups is 1. The van der Waals surface area contributed by atoms with E-state index in [1.165, 1.54) is 11.2 Å². The fourth-order valence-corrected chi connectivity index (χ4v) is 1.47. The monoisotopic (exact) mass is 205 g/mol. The number of carbonyl (C=O) groups excluding carboxylic acids is 1. The Hall–Kier alpha value is -1.90. The van der Waals surface area contributed by atoms with Crippen LogP contribution < -0.4 is 0 Å². The number of nitriles is 1. The molecule has 0 spiro atoms. The highest BCUT2D eigenvalue weighted by Crippen LogP contribution is 2.46. The van der Waals surface area contributed by atoms with Crippen molar-refractivity contribution in [1.29, 1.82) is 5.26 Å². The summed E-state index contributed by atoms with van der Waals surface area (Å²) in [7, 11) is 1.67. The molecule has 1 saturated carbocycles. The average Bonchev–Trinajstić information content (AvgIpc) is 2.89. The molecule has 0 radical (unpaired) electrons. The van der Waals surface area contributed by atoms with E-state index in [2.05, 4.69) is 21.3 Å². The van der Waals surface area contributed by atoms with Crippen molar-refractivity contribution in [1.82, 2.24) is 20.1 Å². The van der Waals surface area contributed by atoms with Gasteiger partial charge in [0.2, 0.25) is 5.91 Å². The Bertz CT molecular complexity index is 401. The Morgan fingerprint density at radius 3 is 3.00 bits per heavy atom. The number of aromatic nitrogens is 3. The summed E-state index contributed by atoms with van der Waals surface area (Å²) in [6.07, 6.45) is 2.73. The first-order chi connectivity index (χ1) is 7.18. The van der Waals surface area contributed by atoms with Crippen LogP contribution >= 0.6 is 0 Å². The molecule has 1 fully saturated rings. The van der Waals surface area contributed by atoms with E-state index in [4.69, 9.17) is 5.26 Å². The van der Waals surface area contributed by atoms with E-state index in [9.17, 15) is 4.79 Å². The molecular formula is C9H11N5O. The minimum absolute atomic E-state index is 0.124. The molecule has 0 aliphatic heterocycles. The summed E-state index contributed by atoms with van der Waals surface area (Å²) < 4.78 is 0. The van der Waals surface area contributed by atoms with Crippen LogP contribution in [-0.4, -0.2) is 33.0 Å². The first-order valence-corrected chi connectivity index (χ1v) is 4.69. The Labute approximate surface area is 86.9 Å². The predicted octanol–water partition coefficient (Wildman–Crippen LogP) is 0.0669. The highest BCUT2D eigenvalue weighted by molar-refractivity contribution is 5.88. The van der Waals surface area contributed by atoms with E-state index in [1.54, 1.807) is 7.05 Å². The SMILES string of the molecule is CN(Cc1ncn[nH]1)C(=O)C1(C#N)CC1. The van der Waals surface area contributed by atoms with Crippen molar-refractivity contribution >= 4 is 5.91 Å². The maximum atomic E-state index is 11.8. The molecule has 1 N–H and O–H groups in total. The molecule has 1 aliphatic rings. The topological polar surface area (TPSA) is 85.7 Å². The van der Waals surface area contributed by atoms with Crippen molar-refractivity contribution in [3.05, 3.63) is 12.2 Å². The maximum Gasteiger partial charge on any atom is 0.243 e. The molecule has 6 nitrogen and oxygen atoms in total. The second-order valence-electron chi connectivity index (χ2n) is 3.79. The third-order valence-electron chi connectivity index (χ3n) is 2.57. The molecule has 0 aromatic carbocycles. The van der Waals surface area contributed by atoms with Crippen molar-refractivity contribution in [2.45, 2.75) is 19.4 Å². The van der Waals surface area contributed by atoms with Crippen molar-refractivity contribution in [3.63, 3.8) is 0 Å². The summed E-state index contributed by atoms with van der Waals surface area (Å²) >= 11 is 0. The van der Waals surface area contributed by atoms with Crippen LogP contribution in [0.3, 0.4) is 0 Å². The quantitative estimate of drug-likeness (QED) is 0.756. The Morgan fingerprint density at radius 1 is 1.80 bits per heavy atom. The first-order valence-electron chi connectivity index (χ1n) is 4.69. The molecule has 15 heavy (non-hydrogen) atoms. The molecule has 0 saturated heterocycles. The number of hydrogen-bond acceptors (Lipinski definition) is 4. The Kier molecular flexibility index (Phi) is 2.15. The van der Waals surface area contributed by atoms with E-state index >= 15 is 0 Å². The van der Waals surface area contributed by atoms with Gasteiger partial charge in [0, 0.05) is 7.05 Å². The lowest BCUT2D eigenvalue weighted by Gasteiger charge is -2.17. The first kappa shape index (κ1) is 9.65. The van der Waals surface area contributed by atoms with Crippen LogP contribution in [0.2, 0.25) is 0 Å². The van der Waals surface area contributed by atoms with E-state index in [1.807, 2.05) is 0 Å². The third kappa shape index (κ3) is 1.68. The van der Waals surface area contributed by atoms with Gasteiger partial charge in [-0.05, 0) is 12.8 Å². The lowest BCUT2D eigenvalue weighted by atomic mass is 10.1. The van der Waals surface area contributed by atoms with Gasteiger partial charge in [-0.1, -0.05) is 0 Å². The van der Waals surface area contributed by atoms with Gasteiger partial charge in [0.05, 0.1) is 12.6 Å². The number of amides is 1. The van der Waals surface area contributed by atoms with Crippen molar-refractivity contribution in [3.8, 4) is 6.07 Å². The molecule has 78 valence electrons. The fraction of sp³-hybridized carbons (Fsp3) is 0.556. The Balaban J connectivity index is 2.00. The van der Waals surface area contributed by atoms with Gasteiger partial charge in [-0.3, -0.25) is 9.89 Å². The summed E-state index contributed by atoms with van der Waals surface area (Å²) in [5.74, 6) is 0.501. The lowest BCUT2D eigenvalue weighted by molar-refractivity contribution is -0.134. The van der Waals surface area contributed by atoms with Gasteiger partial charge in [0.1, 0.15) is 17.6 Å². The van der Waals surface area contributed by atoms with Crippen LogP contribution in [0.4, 0.5) is 0 Å². The van der Waals surface area contributed by atoms with Crippen molar-refractivity contribution in [2.75, 3.05) is 7.05 Å². The van der Waals surface area contributed by atoms with Crippen LogP contribution in [-0.2, 0) is 11.3 Å². The number of hydrogen-bond donors (Lipinski definition) is 1. The highest BCUT2D eigenvalue weighted by atomic mass is 16.2. The molecule has 1 amide bonds. The molecule has 1 aromatic rings. The van der Waals surface area contributed by atoms with Crippen LogP contribution in [0.25, 0.3) is 0 Å². The van der Waals surface area contributed by atoms with Crippen LogP contribution in [0.1, 0.15) is 18.7 Å². The number of nitrogens with one attached hydrogen (secondary N) is 1.